The van der Waals surface area contributed by atoms with Gasteiger partial charge < -0.3 is 10.6 Å². The van der Waals surface area contributed by atoms with Crippen molar-refractivity contribution in [2.45, 2.75) is 13.5 Å². The summed E-state index contributed by atoms with van der Waals surface area (Å²) in [6.07, 6.45) is 3.28. The number of nitrogens with one attached hydrogen (secondary N) is 2. The Balaban J connectivity index is 2.07. The number of rotatable bonds is 5. The van der Waals surface area contributed by atoms with Gasteiger partial charge in [0.15, 0.2) is 0 Å². The Morgan fingerprint density at radius 3 is 2.85 bits per heavy atom. The second-order valence-electron chi connectivity index (χ2n) is 4.23. The Bertz CT molecular complexity index is 601. The largest absolute Gasteiger partial charge is 0.383 e. The van der Waals surface area contributed by atoms with Crippen molar-refractivity contribution >= 4 is 27.5 Å². The summed E-state index contributed by atoms with van der Waals surface area (Å²) in [6, 6.07) is 9.54. The SMILES string of the molecule is CCNc1cnccc1C(=O)NCc1ccccc1Br. The van der Waals surface area contributed by atoms with Gasteiger partial charge in [0.1, 0.15) is 0 Å². The molecule has 2 rings (SSSR count). The van der Waals surface area contributed by atoms with E-state index in [0.717, 1.165) is 22.3 Å². The lowest BCUT2D eigenvalue weighted by Crippen LogP contribution is -2.24. The summed E-state index contributed by atoms with van der Waals surface area (Å²) in [5, 5.41) is 6.05. The van der Waals surface area contributed by atoms with Crippen molar-refractivity contribution in [3.8, 4) is 0 Å². The number of anilines is 1. The fourth-order valence-corrected chi connectivity index (χ4v) is 2.26. The highest BCUT2D eigenvalue weighted by atomic mass is 79.9. The van der Waals surface area contributed by atoms with Crippen LogP contribution in [0.5, 0.6) is 0 Å². The molecule has 0 saturated carbocycles. The number of amides is 1. The van der Waals surface area contributed by atoms with E-state index < -0.39 is 0 Å². The first kappa shape index (κ1) is 14.5. The quantitative estimate of drug-likeness (QED) is 0.883. The lowest BCUT2D eigenvalue weighted by Gasteiger charge is -2.11. The number of aromatic nitrogens is 1. The fraction of sp³-hybridized carbons (Fsp3) is 0.200. The van der Waals surface area contributed by atoms with E-state index in [0.29, 0.717) is 12.1 Å². The number of nitrogens with zero attached hydrogens (tertiary/aromatic N) is 1. The van der Waals surface area contributed by atoms with Gasteiger partial charge in [-0.1, -0.05) is 34.1 Å². The molecule has 0 saturated heterocycles. The van der Waals surface area contributed by atoms with E-state index in [1.54, 1.807) is 18.5 Å². The lowest BCUT2D eigenvalue weighted by atomic mass is 10.2. The number of pyridine rings is 1. The van der Waals surface area contributed by atoms with E-state index in [4.69, 9.17) is 0 Å². The van der Waals surface area contributed by atoms with Crippen LogP contribution < -0.4 is 10.6 Å². The fourth-order valence-electron chi connectivity index (χ4n) is 1.84. The van der Waals surface area contributed by atoms with Gasteiger partial charge in [0.2, 0.25) is 0 Å². The molecule has 1 heterocycles. The van der Waals surface area contributed by atoms with E-state index in [1.165, 1.54) is 0 Å². The third-order valence-corrected chi connectivity index (χ3v) is 3.60. The summed E-state index contributed by atoms with van der Waals surface area (Å²) >= 11 is 3.47. The Morgan fingerprint density at radius 2 is 2.10 bits per heavy atom. The first-order chi connectivity index (χ1) is 9.72. The highest BCUT2D eigenvalue weighted by Gasteiger charge is 2.11. The molecular weight excluding hydrogens is 318 g/mol. The molecule has 0 aliphatic rings. The van der Waals surface area contributed by atoms with Crippen LogP contribution in [-0.2, 0) is 6.54 Å². The van der Waals surface area contributed by atoms with Gasteiger partial charge in [0.25, 0.3) is 5.91 Å². The van der Waals surface area contributed by atoms with Crippen LogP contribution in [-0.4, -0.2) is 17.4 Å². The second kappa shape index (κ2) is 7.05. The number of hydrogen-bond acceptors (Lipinski definition) is 3. The smallest absolute Gasteiger partial charge is 0.253 e. The number of hydrogen-bond donors (Lipinski definition) is 2. The molecule has 0 spiro atoms. The summed E-state index contributed by atoms with van der Waals surface area (Å²) in [7, 11) is 0. The summed E-state index contributed by atoms with van der Waals surface area (Å²) in [6.45, 7) is 3.21. The molecule has 4 nitrogen and oxygen atoms in total. The molecule has 0 unspecified atom stereocenters. The van der Waals surface area contributed by atoms with Crippen molar-refractivity contribution in [1.82, 2.24) is 10.3 Å². The summed E-state index contributed by atoms with van der Waals surface area (Å²) < 4.78 is 0.988. The number of halogens is 1. The van der Waals surface area contributed by atoms with Gasteiger partial charge in [-0.25, -0.2) is 0 Å². The first-order valence-electron chi connectivity index (χ1n) is 6.42. The van der Waals surface area contributed by atoms with Gasteiger partial charge in [0, 0.05) is 23.8 Å². The van der Waals surface area contributed by atoms with Crippen molar-refractivity contribution in [2.24, 2.45) is 0 Å². The summed E-state index contributed by atoms with van der Waals surface area (Å²) in [4.78, 5) is 16.3. The van der Waals surface area contributed by atoms with Crippen LogP contribution in [0.4, 0.5) is 5.69 Å². The Hall–Kier alpha value is -1.88. The Kier molecular flexibility index (Phi) is 5.12. The topological polar surface area (TPSA) is 54.0 Å². The molecule has 104 valence electrons. The zero-order valence-electron chi connectivity index (χ0n) is 11.2. The molecular formula is C15H16BrN3O. The maximum atomic E-state index is 12.2. The molecule has 2 N–H and O–H groups in total. The molecule has 2 aromatic rings. The van der Waals surface area contributed by atoms with Crippen LogP contribution in [0.15, 0.2) is 47.2 Å². The lowest BCUT2D eigenvalue weighted by molar-refractivity contribution is 0.0951. The molecule has 1 aromatic carbocycles. The predicted octanol–water partition coefficient (Wildman–Crippen LogP) is 3.21. The second-order valence-corrected chi connectivity index (χ2v) is 5.08. The predicted molar refractivity (Wildman–Crippen MR) is 83.7 cm³/mol. The van der Waals surface area contributed by atoms with Crippen molar-refractivity contribution in [3.05, 3.63) is 58.3 Å². The van der Waals surface area contributed by atoms with Crippen LogP contribution in [0.3, 0.4) is 0 Å². The molecule has 0 aliphatic carbocycles. The van der Waals surface area contributed by atoms with Crippen LogP contribution in [0, 0.1) is 0 Å². The van der Waals surface area contributed by atoms with Crippen molar-refractivity contribution in [2.75, 3.05) is 11.9 Å². The summed E-state index contributed by atoms with van der Waals surface area (Å²) in [5.41, 5.74) is 2.40. The third kappa shape index (κ3) is 3.57. The van der Waals surface area contributed by atoms with E-state index >= 15 is 0 Å². The molecule has 0 aliphatic heterocycles. The van der Waals surface area contributed by atoms with Crippen molar-refractivity contribution < 1.29 is 4.79 Å². The van der Waals surface area contributed by atoms with Gasteiger partial charge in [-0.05, 0) is 24.6 Å². The van der Waals surface area contributed by atoms with E-state index in [1.807, 2.05) is 31.2 Å². The van der Waals surface area contributed by atoms with Crippen molar-refractivity contribution in [1.29, 1.82) is 0 Å². The highest BCUT2D eigenvalue weighted by molar-refractivity contribution is 9.10. The highest BCUT2D eigenvalue weighted by Crippen LogP contribution is 2.16. The molecule has 0 fully saturated rings. The van der Waals surface area contributed by atoms with E-state index in [9.17, 15) is 4.79 Å². The van der Waals surface area contributed by atoms with Gasteiger partial charge in [-0.15, -0.1) is 0 Å². The van der Waals surface area contributed by atoms with Crippen molar-refractivity contribution in [3.63, 3.8) is 0 Å². The molecule has 20 heavy (non-hydrogen) atoms. The third-order valence-electron chi connectivity index (χ3n) is 2.83. The number of benzene rings is 1. The Labute approximate surface area is 126 Å². The average Bonchev–Trinajstić information content (AvgIpc) is 2.47. The van der Waals surface area contributed by atoms with Gasteiger partial charge in [0.05, 0.1) is 17.4 Å². The maximum absolute atomic E-state index is 12.2. The minimum Gasteiger partial charge on any atom is -0.383 e. The van der Waals surface area contributed by atoms with Crippen LogP contribution in [0.2, 0.25) is 0 Å². The van der Waals surface area contributed by atoms with Gasteiger partial charge in [-0.3, -0.25) is 9.78 Å². The monoisotopic (exact) mass is 333 g/mol. The molecule has 0 atom stereocenters. The van der Waals surface area contributed by atoms with Gasteiger partial charge in [-0.2, -0.15) is 0 Å². The molecule has 0 bridgehead atoms. The van der Waals surface area contributed by atoms with Crippen LogP contribution in [0.1, 0.15) is 22.8 Å². The zero-order chi connectivity index (χ0) is 14.4. The van der Waals surface area contributed by atoms with E-state index in [2.05, 4.69) is 31.5 Å². The number of carbonyl (C=O) groups excluding carboxylic acids is 1. The average molecular weight is 334 g/mol. The van der Waals surface area contributed by atoms with Crippen LogP contribution >= 0.6 is 15.9 Å². The molecule has 1 aromatic heterocycles. The Morgan fingerprint density at radius 1 is 1.30 bits per heavy atom. The van der Waals surface area contributed by atoms with E-state index in [-0.39, 0.29) is 5.91 Å². The first-order valence-corrected chi connectivity index (χ1v) is 7.21. The van der Waals surface area contributed by atoms with Gasteiger partial charge >= 0.3 is 0 Å². The maximum Gasteiger partial charge on any atom is 0.253 e. The molecule has 1 amide bonds. The van der Waals surface area contributed by atoms with Crippen LogP contribution in [0.25, 0.3) is 0 Å². The standard InChI is InChI=1S/C15H16BrN3O/c1-2-18-14-10-17-8-7-12(14)15(20)19-9-11-5-3-4-6-13(11)16/h3-8,10,18H,2,9H2,1H3,(H,19,20). The minimum absolute atomic E-state index is 0.112. The molecule has 0 radical (unpaired) electrons. The minimum atomic E-state index is -0.112. The normalized spacial score (nSPS) is 10.1. The summed E-state index contributed by atoms with van der Waals surface area (Å²) in [5.74, 6) is -0.112. The number of carbonyl (C=O) groups is 1. The molecule has 5 heteroatoms. The zero-order valence-corrected chi connectivity index (χ0v) is 12.8.